The summed E-state index contributed by atoms with van der Waals surface area (Å²) < 4.78 is 0. The van der Waals surface area contributed by atoms with Gasteiger partial charge >= 0.3 is 0 Å². The normalized spacial score (nSPS) is 30.3. The third-order valence-corrected chi connectivity index (χ3v) is 6.03. The molecule has 6 heteroatoms. The Morgan fingerprint density at radius 1 is 1.12 bits per heavy atom. The molecular weight excluding hydrogens is 304 g/mol. The van der Waals surface area contributed by atoms with E-state index in [-0.39, 0.29) is 17.4 Å². The molecule has 3 aliphatic rings. The maximum atomic E-state index is 12.5. The summed E-state index contributed by atoms with van der Waals surface area (Å²) in [5.41, 5.74) is 0.454. The van der Waals surface area contributed by atoms with E-state index in [0.717, 1.165) is 76.9 Å². The van der Waals surface area contributed by atoms with Crippen molar-refractivity contribution in [3.05, 3.63) is 18.1 Å². The molecule has 1 aromatic heterocycles. The molecule has 3 fully saturated rings. The van der Waals surface area contributed by atoms with Gasteiger partial charge in [-0.15, -0.1) is 0 Å². The van der Waals surface area contributed by atoms with Crippen molar-refractivity contribution in [1.82, 2.24) is 14.9 Å². The Hall–Kier alpha value is -1.69. The van der Waals surface area contributed by atoms with Crippen LogP contribution in [0.2, 0.25) is 0 Å². The van der Waals surface area contributed by atoms with Gasteiger partial charge in [0.15, 0.2) is 0 Å². The third-order valence-electron chi connectivity index (χ3n) is 6.03. The number of aliphatic hydroxyl groups excluding tert-OH is 1. The zero-order valence-electron chi connectivity index (χ0n) is 14.2. The lowest BCUT2D eigenvalue weighted by molar-refractivity contribution is 0.0407. The number of nitrogens with zero attached hydrogens (tertiary/aromatic N) is 4. The molecule has 0 bridgehead atoms. The Morgan fingerprint density at radius 2 is 1.92 bits per heavy atom. The predicted octanol–water partition coefficient (Wildman–Crippen LogP) is 1.84. The second-order valence-electron chi connectivity index (χ2n) is 7.56. The van der Waals surface area contributed by atoms with Gasteiger partial charge in [-0.1, -0.05) is 6.42 Å². The van der Waals surface area contributed by atoms with Crippen molar-refractivity contribution >= 4 is 11.7 Å². The molecule has 0 unspecified atom stereocenters. The van der Waals surface area contributed by atoms with Crippen molar-refractivity contribution in [3.8, 4) is 0 Å². The topological polar surface area (TPSA) is 69.6 Å². The van der Waals surface area contributed by atoms with Gasteiger partial charge in [0.25, 0.3) is 5.91 Å². The lowest BCUT2D eigenvalue weighted by Crippen LogP contribution is -2.47. The smallest absolute Gasteiger partial charge is 0.274 e. The van der Waals surface area contributed by atoms with Gasteiger partial charge in [-0.05, 0) is 38.5 Å². The molecule has 0 radical (unpaired) electrons. The number of hydrogen-bond donors (Lipinski definition) is 1. The van der Waals surface area contributed by atoms with Crippen molar-refractivity contribution in [1.29, 1.82) is 0 Å². The average molecular weight is 330 g/mol. The van der Waals surface area contributed by atoms with Crippen molar-refractivity contribution in [2.75, 3.05) is 31.1 Å². The zero-order valence-corrected chi connectivity index (χ0v) is 14.2. The molecule has 0 aromatic carbocycles. The maximum absolute atomic E-state index is 12.5. The summed E-state index contributed by atoms with van der Waals surface area (Å²) >= 11 is 0. The Morgan fingerprint density at radius 3 is 2.67 bits per heavy atom. The molecule has 1 aliphatic carbocycles. The fraction of sp³-hybridized carbons (Fsp3) is 0.722. The van der Waals surface area contributed by atoms with Crippen LogP contribution in [0.5, 0.6) is 0 Å². The van der Waals surface area contributed by atoms with E-state index in [1.807, 2.05) is 4.90 Å². The molecule has 2 saturated heterocycles. The van der Waals surface area contributed by atoms with E-state index in [1.54, 1.807) is 12.4 Å². The van der Waals surface area contributed by atoms with Gasteiger partial charge in [0.2, 0.25) is 0 Å². The van der Waals surface area contributed by atoms with Gasteiger partial charge in [0.1, 0.15) is 11.5 Å². The number of carbonyl (C=O) groups is 1. The molecule has 3 heterocycles. The monoisotopic (exact) mass is 330 g/mol. The van der Waals surface area contributed by atoms with E-state index >= 15 is 0 Å². The van der Waals surface area contributed by atoms with Gasteiger partial charge in [-0.3, -0.25) is 9.78 Å². The molecule has 1 aromatic rings. The molecule has 130 valence electrons. The Bertz CT molecular complexity index is 617. The molecule has 2 atom stereocenters. The summed E-state index contributed by atoms with van der Waals surface area (Å²) in [6, 6.07) is 0. The van der Waals surface area contributed by atoms with Crippen LogP contribution in [0.4, 0.5) is 5.82 Å². The number of amides is 1. The minimum absolute atomic E-state index is 0.00512. The number of aromatic nitrogens is 2. The van der Waals surface area contributed by atoms with Crippen LogP contribution in [0.25, 0.3) is 0 Å². The standard InChI is InChI=1S/C18H26N4O2/c23-15-5-3-6-18(15)7-4-10-22(13-18)16-12-19-11-14(20-16)17(24)21-8-1-2-9-21/h11-12,15,23H,1-10,13H2/t15-,18+/m1/s1. The number of anilines is 1. The lowest BCUT2D eigenvalue weighted by Gasteiger charge is -2.43. The Balaban J connectivity index is 1.53. The number of piperidine rings is 1. The second-order valence-corrected chi connectivity index (χ2v) is 7.56. The summed E-state index contributed by atoms with van der Waals surface area (Å²) in [5.74, 6) is 0.771. The van der Waals surface area contributed by atoms with Crippen LogP contribution >= 0.6 is 0 Å². The quantitative estimate of drug-likeness (QED) is 0.896. The van der Waals surface area contributed by atoms with E-state index in [2.05, 4.69) is 14.9 Å². The molecule has 1 amide bonds. The van der Waals surface area contributed by atoms with E-state index in [0.29, 0.717) is 5.69 Å². The van der Waals surface area contributed by atoms with Crippen LogP contribution in [0.3, 0.4) is 0 Å². The lowest BCUT2D eigenvalue weighted by atomic mass is 9.77. The average Bonchev–Trinajstić information content (AvgIpc) is 3.26. The highest BCUT2D eigenvalue weighted by molar-refractivity contribution is 5.92. The number of rotatable bonds is 2. The molecule has 24 heavy (non-hydrogen) atoms. The van der Waals surface area contributed by atoms with Gasteiger partial charge in [0.05, 0.1) is 18.5 Å². The van der Waals surface area contributed by atoms with Crippen LogP contribution in [-0.4, -0.2) is 58.2 Å². The van der Waals surface area contributed by atoms with Crippen LogP contribution in [-0.2, 0) is 0 Å². The van der Waals surface area contributed by atoms with Gasteiger partial charge < -0.3 is 14.9 Å². The second kappa shape index (κ2) is 6.31. The van der Waals surface area contributed by atoms with E-state index < -0.39 is 0 Å². The third kappa shape index (κ3) is 2.77. The minimum Gasteiger partial charge on any atom is -0.392 e. The van der Waals surface area contributed by atoms with Gasteiger partial charge in [0, 0.05) is 31.6 Å². The number of aliphatic hydroxyl groups is 1. The summed E-state index contributed by atoms with van der Waals surface area (Å²) in [4.78, 5) is 25.5. The number of carbonyl (C=O) groups excluding carboxylic acids is 1. The van der Waals surface area contributed by atoms with Crippen LogP contribution in [0, 0.1) is 5.41 Å². The first-order valence-corrected chi connectivity index (χ1v) is 9.22. The number of hydrogen-bond acceptors (Lipinski definition) is 5. The van der Waals surface area contributed by atoms with E-state index in [4.69, 9.17) is 0 Å². The van der Waals surface area contributed by atoms with Gasteiger partial charge in [-0.2, -0.15) is 0 Å². The largest absolute Gasteiger partial charge is 0.392 e. The number of likely N-dealkylation sites (tertiary alicyclic amines) is 1. The van der Waals surface area contributed by atoms with Gasteiger partial charge in [-0.25, -0.2) is 4.98 Å². The molecule has 1 saturated carbocycles. The SMILES string of the molecule is O=C(c1cncc(N2CCC[C@@]3(CCC[C@H]3O)C2)n1)N1CCCC1. The van der Waals surface area contributed by atoms with Crippen molar-refractivity contribution in [2.45, 2.75) is 51.0 Å². The van der Waals surface area contributed by atoms with Crippen LogP contribution in [0.1, 0.15) is 55.4 Å². The minimum atomic E-state index is -0.206. The first-order chi connectivity index (χ1) is 11.7. The van der Waals surface area contributed by atoms with E-state index in [1.165, 1.54) is 0 Å². The van der Waals surface area contributed by atoms with Crippen LogP contribution < -0.4 is 4.90 Å². The fourth-order valence-corrected chi connectivity index (χ4v) is 4.65. The molecule has 4 rings (SSSR count). The fourth-order valence-electron chi connectivity index (χ4n) is 4.65. The highest BCUT2D eigenvalue weighted by Crippen LogP contribution is 2.45. The highest BCUT2D eigenvalue weighted by atomic mass is 16.3. The first kappa shape index (κ1) is 15.8. The Kier molecular flexibility index (Phi) is 4.16. The summed E-state index contributed by atoms with van der Waals surface area (Å²) in [6.07, 6.45) is 10.5. The molecule has 2 aliphatic heterocycles. The first-order valence-electron chi connectivity index (χ1n) is 9.22. The van der Waals surface area contributed by atoms with Crippen molar-refractivity contribution < 1.29 is 9.90 Å². The summed E-state index contributed by atoms with van der Waals surface area (Å²) in [5, 5.41) is 10.4. The van der Waals surface area contributed by atoms with Crippen molar-refractivity contribution in [2.24, 2.45) is 5.41 Å². The van der Waals surface area contributed by atoms with Crippen LogP contribution in [0.15, 0.2) is 12.4 Å². The van der Waals surface area contributed by atoms with E-state index in [9.17, 15) is 9.90 Å². The summed E-state index contributed by atoms with van der Waals surface area (Å²) in [7, 11) is 0. The molecule has 1 N–H and O–H groups in total. The predicted molar refractivity (Wildman–Crippen MR) is 90.9 cm³/mol. The van der Waals surface area contributed by atoms with Crippen molar-refractivity contribution in [3.63, 3.8) is 0 Å². The zero-order chi connectivity index (χ0) is 16.6. The molecule has 6 nitrogen and oxygen atoms in total. The maximum Gasteiger partial charge on any atom is 0.274 e. The molecular formula is C18H26N4O2. The Labute approximate surface area is 142 Å². The summed E-state index contributed by atoms with van der Waals surface area (Å²) in [6.45, 7) is 3.39. The molecule has 1 spiro atoms. The highest BCUT2D eigenvalue weighted by Gasteiger charge is 2.45.